The van der Waals surface area contributed by atoms with Crippen molar-refractivity contribution in [3.63, 3.8) is 0 Å². The van der Waals surface area contributed by atoms with Crippen LogP contribution >= 0.6 is 0 Å². The quantitative estimate of drug-likeness (QED) is 0.156. The van der Waals surface area contributed by atoms with E-state index in [1.807, 2.05) is 0 Å². The maximum absolute atomic E-state index is 6.76. The van der Waals surface area contributed by atoms with Gasteiger partial charge in [-0.1, -0.05) is 163 Å². The van der Waals surface area contributed by atoms with E-state index in [4.69, 9.17) is 18.9 Å². The number of ether oxygens (including phenoxy) is 4. The average Bonchev–Trinajstić information content (AvgIpc) is 1.58. The molecule has 0 bridgehead atoms. The van der Waals surface area contributed by atoms with Gasteiger partial charge in [0.2, 0.25) is 39.3 Å². The molecule has 4 aromatic heterocycles. The molecule has 12 aromatic rings. The number of rotatable bonds is 6. The summed E-state index contributed by atoms with van der Waals surface area (Å²) >= 11 is 0. The van der Waals surface area contributed by atoms with Gasteiger partial charge in [0.05, 0.1) is 22.3 Å². The van der Waals surface area contributed by atoms with Gasteiger partial charge in [0, 0.05) is 99.5 Å². The molecule has 1 spiro atoms. The topological polar surface area (TPSA) is 52.4 Å². The Bertz CT molecular complexity index is 5450. The first-order valence-corrected chi connectivity index (χ1v) is 39.6. The second-order valence-electron chi connectivity index (χ2n) is 34.7. The fourth-order valence-corrected chi connectivity index (χ4v) is 18.2. The Labute approximate surface area is 637 Å². The molecule has 0 atom stereocenters. The fourth-order valence-electron chi connectivity index (χ4n) is 18.2. The molecule has 18 rings (SSSR count). The van der Waals surface area contributed by atoms with Crippen molar-refractivity contribution in [2.75, 3.05) is 0 Å². The Morgan fingerprint density at radius 2 is 0.748 bits per heavy atom. The van der Waals surface area contributed by atoms with Crippen molar-refractivity contribution in [2.45, 2.75) is 213 Å². The summed E-state index contributed by atoms with van der Waals surface area (Å²) in [4.78, 5) is 0. The third-order valence-electron chi connectivity index (χ3n) is 26.0. The monoisotopic (exact) mass is 1420 g/mol. The number of aromatic nitrogens is 4. The molecule has 0 radical (unpaired) electrons. The van der Waals surface area contributed by atoms with Gasteiger partial charge in [0.1, 0.15) is 73.6 Å². The van der Waals surface area contributed by atoms with E-state index in [0.717, 1.165) is 41.8 Å². The highest BCUT2D eigenvalue weighted by Crippen LogP contribution is 2.56. The zero-order valence-corrected chi connectivity index (χ0v) is 67.0. The summed E-state index contributed by atoms with van der Waals surface area (Å²) in [6.45, 7) is 31.0. The minimum atomic E-state index is -0.247. The van der Waals surface area contributed by atoms with E-state index >= 15 is 0 Å². The molecule has 8 aromatic carbocycles. The van der Waals surface area contributed by atoms with Crippen LogP contribution in [0.5, 0.6) is 23.0 Å². The first-order valence-electron chi connectivity index (χ1n) is 39.6. The van der Waals surface area contributed by atoms with E-state index in [1.165, 1.54) is 203 Å². The van der Waals surface area contributed by atoms with Gasteiger partial charge >= 0.3 is 0 Å². The lowest BCUT2D eigenvalue weighted by Crippen LogP contribution is -2.42. The molecule has 0 saturated heterocycles. The van der Waals surface area contributed by atoms with Crippen LogP contribution in [-0.2, 0) is 51.9 Å². The van der Waals surface area contributed by atoms with Crippen LogP contribution in [0.15, 0.2) is 200 Å². The van der Waals surface area contributed by atoms with E-state index < -0.39 is 0 Å². The standard InChI is InChI=1S/C31H38NO.C24H26NO.C23H26NO.C21H22NO/c1-21-12-17-26-29(33-31(4,5)30(26,2)3)28(21)27-20-25(18-19-32(27)6)24-15-13-23(14-16-24)22-10-8-7-9-11-22;1-17-10-11-19-16-24(14-6-3-7-15-24)26-23(19)22(17)21-13-12-18-8-4-5-9-20(18)25(21)2;1-15-11-13-17-21(25-23(4,5)22(17,2)3)20(15)19-14-12-16-9-7-8-10-18(16)24(19)6;1-14-9-10-16-13-21(2,3)23-20(16)19(14)18-12-11-15-7-5-6-8-17(15)22(18)4/h12-20,22H,7-11H2,1-6H3;4-5,8-13H,3,6-7,14-16H2,1-2H3;7-14H,1-6H3;5-12H,13H2,1-4H3/q4*+1. The minimum Gasteiger partial charge on any atom is -0.486 e. The van der Waals surface area contributed by atoms with Crippen molar-refractivity contribution >= 4 is 32.7 Å². The summed E-state index contributed by atoms with van der Waals surface area (Å²) in [5, 5.41) is 3.78. The lowest BCUT2D eigenvalue weighted by molar-refractivity contribution is -0.660. The Morgan fingerprint density at radius 3 is 1.21 bits per heavy atom. The van der Waals surface area contributed by atoms with Crippen molar-refractivity contribution in [3.05, 3.63) is 250 Å². The Kier molecular flexibility index (Phi) is 19.0. The van der Waals surface area contributed by atoms with Crippen LogP contribution in [0.4, 0.5) is 0 Å². The fraction of sp³-hybridized carbons (Fsp3) is 0.374. The lowest BCUT2D eigenvalue weighted by Gasteiger charge is -2.33. The molecule has 107 heavy (non-hydrogen) atoms. The predicted octanol–water partition coefficient (Wildman–Crippen LogP) is 22.4. The molecule has 4 aliphatic heterocycles. The van der Waals surface area contributed by atoms with Gasteiger partial charge in [0.15, 0.2) is 6.20 Å². The Morgan fingerprint density at radius 1 is 0.346 bits per heavy atom. The summed E-state index contributed by atoms with van der Waals surface area (Å²) < 4.78 is 35.3. The summed E-state index contributed by atoms with van der Waals surface area (Å²) in [5.41, 5.74) is 27.3. The number of hydrogen-bond donors (Lipinski definition) is 0. The van der Waals surface area contributed by atoms with E-state index in [0.29, 0.717) is 0 Å². The highest BCUT2D eigenvalue weighted by atomic mass is 16.5. The predicted molar refractivity (Wildman–Crippen MR) is 439 cm³/mol. The number of aryl methyl sites for hydroxylation is 8. The van der Waals surface area contributed by atoms with E-state index in [1.54, 1.807) is 0 Å². The van der Waals surface area contributed by atoms with Gasteiger partial charge in [0.25, 0.3) is 0 Å². The van der Waals surface area contributed by atoms with Gasteiger partial charge in [-0.05, 0) is 200 Å². The molecule has 0 N–H and O–H groups in total. The maximum atomic E-state index is 6.76. The van der Waals surface area contributed by atoms with Crippen molar-refractivity contribution in [1.82, 2.24) is 0 Å². The molecule has 0 unspecified atom stereocenters. The van der Waals surface area contributed by atoms with Crippen LogP contribution in [0.2, 0.25) is 0 Å². The normalized spacial score (nSPS) is 17.7. The second kappa shape index (κ2) is 27.8. The number of fused-ring (bicyclic) bond motifs is 7. The summed E-state index contributed by atoms with van der Waals surface area (Å²) in [6.07, 6.45) is 17.4. The summed E-state index contributed by atoms with van der Waals surface area (Å²) in [6, 6.07) is 70.8. The van der Waals surface area contributed by atoms with E-state index in [2.05, 4.69) is 344 Å². The molecular formula is C99H112N4O4+4. The molecule has 548 valence electrons. The molecule has 0 amide bonds. The number of hydrogen-bond acceptors (Lipinski definition) is 4. The Balaban J connectivity index is 0.000000115. The third kappa shape index (κ3) is 13.2. The van der Waals surface area contributed by atoms with Crippen molar-refractivity contribution in [3.8, 4) is 79.2 Å². The molecule has 8 heteroatoms. The lowest BCUT2D eigenvalue weighted by atomic mass is 9.73. The molecule has 2 aliphatic carbocycles. The van der Waals surface area contributed by atoms with Gasteiger partial charge in [-0.3, -0.25) is 0 Å². The minimum absolute atomic E-state index is 0.0276. The second-order valence-corrected chi connectivity index (χ2v) is 34.7. The van der Waals surface area contributed by atoms with Crippen LogP contribution in [0.1, 0.15) is 189 Å². The number of pyridine rings is 4. The molecule has 6 aliphatic rings. The smallest absolute Gasteiger partial charge is 0.216 e. The van der Waals surface area contributed by atoms with Crippen LogP contribution in [0.3, 0.4) is 0 Å². The van der Waals surface area contributed by atoms with Crippen LogP contribution in [0.25, 0.3) is 88.9 Å². The van der Waals surface area contributed by atoms with Crippen molar-refractivity contribution in [2.24, 2.45) is 28.2 Å². The number of para-hydroxylation sites is 3. The van der Waals surface area contributed by atoms with Crippen LogP contribution in [0, 0.1) is 27.7 Å². The third-order valence-corrected chi connectivity index (χ3v) is 26.0. The van der Waals surface area contributed by atoms with Crippen LogP contribution in [-0.4, -0.2) is 22.4 Å². The first-order chi connectivity index (χ1) is 51.1. The molecule has 2 saturated carbocycles. The zero-order valence-electron chi connectivity index (χ0n) is 67.0. The highest BCUT2D eigenvalue weighted by molar-refractivity contribution is 5.84. The summed E-state index contributed by atoms with van der Waals surface area (Å²) in [5.74, 6) is 5.03. The first kappa shape index (κ1) is 72.9. The van der Waals surface area contributed by atoms with E-state index in [9.17, 15) is 0 Å². The van der Waals surface area contributed by atoms with Gasteiger partial charge < -0.3 is 18.9 Å². The van der Waals surface area contributed by atoms with E-state index in [-0.39, 0.29) is 33.2 Å². The van der Waals surface area contributed by atoms with Gasteiger partial charge in [-0.15, -0.1) is 0 Å². The highest BCUT2D eigenvalue weighted by Gasteiger charge is 2.51. The van der Waals surface area contributed by atoms with Crippen molar-refractivity contribution < 1.29 is 37.2 Å². The average molecular weight is 1420 g/mol. The van der Waals surface area contributed by atoms with Crippen molar-refractivity contribution in [1.29, 1.82) is 0 Å². The molecule has 8 heterocycles. The largest absolute Gasteiger partial charge is 0.486 e. The number of benzene rings is 8. The Hall–Kier alpha value is -9.66. The molecular weight excluding hydrogens is 1310 g/mol. The van der Waals surface area contributed by atoms with Crippen LogP contribution < -0.4 is 37.2 Å². The summed E-state index contributed by atoms with van der Waals surface area (Å²) in [7, 11) is 8.58. The van der Waals surface area contributed by atoms with Gasteiger partial charge in [-0.25, -0.2) is 4.57 Å². The molecule has 8 nitrogen and oxygen atoms in total. The SMILES string of the molecule is Cc1ccc2c(c1-c1cc(-c3ccc(C4CCCCC4)cc3)cc[n+]1C)OC(C)(C)C2(C)C.Cc1ccc2c(c1-c1ccc3ccccc3[n+]1C)OC(C)(C)C2.Cc1ccc2c(c1-c1ccc3ccccc3[n+]1C)OC(C)(C)C2(C)C.Cc1ccc2c(c1-c1ccc3ccccc3[n+]1C)OC1(CCCCC1)C2. The maximum Gasteiger partial charge on any atom is 0.216 e. The molecule has 2 fully saturated rings. The van der Waals surface area contributed by atoms with Gasteiger partial charge in [-0.2, -0.15) is 13.7 Å². The zero-order chi connectivity index (χ0) is 75.3. The number of nitrogens with zero attached hydrogens (tertiary/aromatic N) is 4.